The molecule has 0 bridgehead atoms. The minimum Gasteiger partial charge on any atom is -0.480 e. The van der Waals surface area contributed by atoms with Crippen LogP contribution in [0.15, 0.2) is 25.8 Å². The molecule has 2 heterocycles. The molecule has 3 aromatic rings. The van der Waals surface area contributed by atoms with Gasteiger partial charge in [-0.05, 0) is 51.2 Å². The lowest BCUT2D eigenvalue weighted by Crippen LogP contribution is -2.38. The fourth-order valence-corrected chi connectivity index (χ4v) is 4.05. The number of fused-ring (bicyclic) bond motifs is 4. The molecule has 2 N–H and O–H groups in total. The molecule has 0 spiro atoms. The van der Waals surface area contributed by atoms with Crippen molar-refractivity contribution in [1.82, 2.24) is 5.32 Å². The van der Waals surface area contributed by atoms with Crippen LogP contribution in [0.5, 0.6) is 0 Å². The number of aliphatic carboxylic acids is 1. The van der Waals surface area contributed by atoms with E-state index in [9.17, 15) is 14.4 Å². The molecule has 1 amide bonds. The summed E-state index contributed by atoms with van der Waals surface area (Å²) in [6.07, 6.45) is 4.36. The molecule has 0 saturated carbocycles. The molecule has 0 saturated heterocycles. The topological polar surface area (TPSA) is 110 Å². The molecule has 4 rings (SSSR count). The Kier molecular flexibility index (Phi) is 4.90. The lowest BCUT2D eigenvalue weighted by atomic mass is 9.94. The van der Waals surface area contributed by atoms with Crippen LogP contribution in [0.2, 0.25) is 0 Å². The number of amides is 1. The highest BCUT2D eigenvalue weighted by molar-refractivity contribution is 5.97. The van der Waals surface area contributed by atoms with Gasteiger partial charge < -0.3 is 19.3 Å². The van der Waals surface area contributed by atoms with Crippen LogP contribution < -0.4 is 10.9 Å². The average molecular weight is 397 g/mol. The van der Waals surface area contributed by atoms with Gasteiger partial charge in [0.25, 0.3) is 0 Å². The smallest absolute Gasteiger partial charge is 0.339 e. The summed E-state index contributed by atoms with van der Waals surface area (Å²) in [5.74, 6) is -0.503. The zero-order valence-corrected chi connectivity index (χ0v) is 16.5. The van der Waals surface area contributed by atoms with E-state index in [4.69, 9.17) is 13.9 Å². The third kappa shape index (κ3) is 3.52. The molecule has 7 heteroatoms. The Hall–Kier alpha value is -3.09. The summed E-state index contributed by atoms with van der Waals surface area (Å²) in [6.45, 7) is 3.25. The predicted molar refractivity (Wildman–Crippen MR) is 107 cm³/mol. The van der Waals surface area contributed by atoms with E-state index in [0.717, 1.165) is 53.4 Å². The summed E-state index contributed by atoms with van der Waals surface area (Å²) in [6, 6.07) is 2.83. The van der Waals surface area contributed by atoms with Gasteiger partial charge in [0.2, 0.25) is 5.91 Å². The molecule has 0 fully saturated rings. The van der Waals surface area contributed by atoms with Crippen molar-refractivity contribution in [1.29, 1.82) is 0 Å². The average Bonchev–Trinajstić information content (AvgIpc) is 3.03. The van der Waals surface area contributed by atoms with Gasteiger partial charge in [0.1, 0.15) is 23.0 Å². The minimum atomic E-state index is -1.10. The van der Waals surface area contributed by atoms with E-state index in [1.807, 2.05) is 13.0 Å². The van der Waals surface area contributed by atoms with Gasteiger partial charge in [0, 0.05) is 40.8 Å². The fourth-order valence-electron chi connectivity index (χ4n) is 4.05. The molecule has 1 aliphatic rings. The van der Waals surface area contributed by atoms with Gasteiger partial charge in [-0.15, -0.1) is 0 Å². The normalized spacial score (nSPS) is 14.7. The second-order valence-corrected chi connectivity index (χ2v) is 7.68. The molecule has 29 heavy (non-hydrogen) atoms. The largest absolute Gasteiger partial charge is 0.480 e. The maximum absolute atomic E-state index is 12.5. The van der Waals surface area contributed by atoms with Crippen LogP contribution in [0, 0.1) is 6.92 Å². The summed E-state index contributed by atoms with van der Waals surface area (Å²) in [4.78, 5) is 35.4. The number of hydrogen-bond acceptors (Lipinski definition) is 5. The second kappa shape index (κ2) is 7.39. The van der Waals surface area contributed by atoms with E-state index in [1.165, 1.54) is 12.5 Å². The van der Waals surface area contributed by atoms with Gasteiger partial charge in [-0.2, -0.15) is 0 Å². The van der Waals surface area contributed by atoms with E-state index in [1.54, 1.807) is 6.07 Å². The number of carbonyl (C=O) groups is 2. The van der Waals surface area contributed by atoms with Crippen molar-refractivity contribution in [2.24, 2.45) is 0 Å². The van der Waals surface area contributed by atoms with Crippen LogP contribution in [0.1, 0.15) is 48.6 Å². The third-order valence-corrected chi connectivity index (χ3v) is 5.71. The molecular weight excluding hydrogens is 374 g/mol. The molecule has 0 aliphatic heterocycles. The highest BCUT2D eigenvalue weighted by Gasteiger charge is 2.21. The van der Waals surface area contributed by atoms with Gasteiger partial charge in [0.05, 0.1) is 0 Å². The third-order valence-electron chi connectivity index (χ3n) is 5.71. The number of benzene rings is 1. The highest BCUT2D eigenvalue weighted by atomic mass is 16.4. The first-order valence-corrected chi connectivity index (χ1v) is 9.88. The Morgan fingerprint density at radius 2 is 1.86 bits per heavy atom. The standard InChI is InChI=1S/C22H23NO6/c1-11-13(7-8-20(24)23-12(2)21(25)26)22(27)29-18-10-19-16(9-15(11)18)14-5-3-4-6-17(14)28-19/h9-10,12H,3-8H2,1-2H3,(H,23,24)(H,25,26). The zero-order valence-electron chi connectivity index (χ0n) is 16.5. The molecule has 1 unspecified atom stereocenters. The summed E-state index contributed by atoms with van der Waals surface area (Å²) < 4.78 is 11.5. The van der Waals surface area contributed by atoms with Crippen molar-refractivity contribution in [3.05, 3.63) is 45.0 Å². The quantitative estimate of drug-likeness (QED) is 0.640. The number of hydrogen-bond donors (Lipinski definition) is 2. The predicted octanol–water partition coefficient (Wildman–Crippen LogP) is 3.25. The van der Waals surface area contributed by atoms with Gasteiger partial charge in [-0.1, -0.05) is 0 Å². The Morgan fingerprint density at radius 3 is 2.62 bits per heavy atom. The Bertz CT molecular complexity index is 1190. The van der Waals surface area contributed by atoms with Crippen LogP contribution in [-0.4, -0.2) is 23.0 Å². The van der Waals surface area contributed by atoms with Crippen LogP contribution in [0.3, 0.4) is 0 Å². The van der Waals surface area contributed by atoms with Crippen molar-refractivity contribution in [3.8, 4) is 0 Å². The fraction of sp³-hybridized carbons (Fsp3) is 0.409. The Morgan fingerprint density at radius 1 is 1.14 bits per heavy atom. The van der Waals surface area contributed by atoms with Crippen molar-refractivity contribution < 1.29 is 23.5 Å². The van der Waals surface area contributed by atoms with Crippen molar-refractivity contribution >= 4 is 33.8 Å². The highest BCUT2D eigenvalue weighted by Crippen LogP contribution is 2.35. The van der Waals surface area contributed by atoms with Gasteiger partial charge in [0.15, 0.2) is 0 Å². The molecule has 152 valence electrons. The van der Waals surface area contributed by atoms with Crippen molar-refractivity contribution in [2.45, 2.75) is 58.4 Å². The number of carbonyl (C=O) groups excluding carboxylic acids is 1. The number of carboxylic acids is 1. The van der Waals surface area contributed by atoms with E-state index in [0.29, 0.717) is 11.1 Å². The molecule has 0 radical (unpaired) electrons. The Balaban J connectivity index is 1.68. The SMILES string of the molecule is Cc1c(CCC(=O)NC(C)C(=O)O)c(=O)oc2cc3oc4c(c3cc12)CCCC4. The number of carboxylic acid groups (broad SMARTS) is 1. The molecule has 1 aromatic carbocycles. The number of rotatable bonds is 5. The van der Waals surface area contributed by atoms with Crippen LogP contribution in [0.4, 0.5) is 0 Å². The summed E-state index contributed by atoms with van der Waals surface area (Å²) in [5.41, 5.74) is 3.18. The second-order valence-electron chi connectivity index (χ2n) is 7.68. The van der Waals surface area contributed by atoms with Gasteiger partial charge >= 0.3 is 11.6 Å². The lowest BCUT2D eigenvalue weighted by Gasteiger charge is -2.11. The van der Waals surface area contributed by atoms with Crippen molar-refractivity contribution in [3.63, 3.8) is 0 Å². The molecule has 2 aromatic heterocycles. The first-order valence-electron chi connectivity index (χ1n) is 9.88. The van der Waals surface area contributed by atoms with Crippen LogP contribution in [-0.2, 0) is 28.9 Å². The maximum atomic E-state index is 12.5. The van der Waals surface area contributed by atoms with E-state index in [-0.39, 0.29) is 12.8 Å². The van der Waals surface area contributed by atoms with E-state index >= 15 is 0 Å². The first kappa shape index (κ1) is 19.2. The first-order chi connectivity index (χ1) is 13.8. The summed E-state index contributed by atoms with van der Waals surface area (Å²) in [5, 5.41) is 13.2. The van der Waals surface area contributed by atoms with E-state index in [2.05, 4.69) is 5.32 Å². The Labute approximate surface area is 166 Å². The molecular formula is C22H23NO6. The van der Waals surface area contributed by atoms with Crippen LogP contribution in [0.25, 0.3) is 21.9 Å². The zero-order chi connectivity index (χ0) is 20.7. The van der Waals surface area contributed by atoms with Crippen molar-refractivity contribution in [2.75, 3.05) is 0 Å². The monoisotopic (exact) mass is 397 g/mol. The number of nitrogens with one attached hydrogen (secondary N) is 1. The maximum Gasteiger partial charge on any atom is 0.339 e. The lowest BCUT2D eigenvalue weighted by molar-refractivity contribution is -0.141. The summed E-state index contributed by atoms with van der Waals surface area (Å²) in [7, 11) is 0. The van der Waals surface area contributed by atoms with Gasteiger partial charge in [-0.25, -0.2) is 4.79 Å². The molecule has 7 nitrogen and oxygen atoms in total. The molecule has 1 aliphatic carbocycles. The number of furan rings is 1. The number of aryl methyl sites for hydroxylation is 3. The van der Waals surface area contributed by atoms with Crippen LogP contribution >= 0.6 is 0 Å². The van der Waals surface area contributed by atoms with E-state index < -0.39 is 23.5 Å². The van der Waals surface area contributed by atoms with Gasteiger partial charge in [-0.3, -0.25) is 9.59 Å². The minimum absolute atomic E-state index is 0.0120. The molecule has 1 atom stereocenters. The summed E-state index contributed by atoms with van der Waals surface area (Å²) >= 11 is 0.